The van der Waals surface area contributed by atoms with E-state index >= 15 is 0 Å². The lowest BCUT2D eigenvalue weighted by Gasteiger charge is -2.52. The normalized spacial score (nSPS) is 26.7. The Morgan fingerprint density at radius 2 is 1.90 bits per heavy atom. The van der Waals surface area contributed by atoms with Crippen molar-refractivity contribution in [1.29, 1.82) is 0 Å². The van der Waals surface area contributed by atoms with Gasteiger partial charge in [-0.15, -0.1) is 0 Å². The highest BCUT2D eigenvalue weighted by molar-refractivity contribution is 6.31. The van der Waals surface area contributed by atoms with Gasteiger partial charge >= 0.3 is 0 Å². The summed E-state index contributed by atoms with van der Waals surface area (Å²) in [7, 11) is 0. The molecule has 1 heterocycles. The van der Waals surface area contributed by atoms with Gasteiger partial charge in [-0.2, -0.15) is 0 Å². The molecular weight excluding hydrogens is 382 g/mol. The third-order valence-corrected chi connectivity index (χ3v) is 7.97. The van der Waals surface area contributed by atoms with E-state index in [0.717, 1.165) is 42.1 Å². The molecule has 156 valence electrons. The van der Waals surface area contributed by atoms with Crippen LogP contribution in [0.25, 0.3) is 0 Å². The molecule has 1 fully saturated rings. The van der Waals surface area contributed by atoms with Crippen LogP contribution < -0.4 is 0 Å². The molecule has 2 unspecified atom stereocenters. The Labute approximate surface area is 179 Å². The van der Waals surface area contributed by atoms with Crippen molar-refractivity contribution in [3.8, 4) is 5.75 Å². The van der Waals surface area contributed by atoms with E-state index in [4.69, 9.17) is 16.3 Å². The van der Waals surface area contributed by atoms with Crippen LogP contribution in [0.15, 0.2) is 42.5 Å². The van der Waals surface area contributed by atoms with E-state index in [1.165, 1.54) is 5.56 Å². The number of benzene rings is 2. The lowest BCUT2D eigenvalue weighted by Crippen LogP contribution is -2.54. The van der Waals surface area contributed by atoms with Crippen molar-refractivity contribution in [2.24, 2.45) is 5.41 Å². The molecule has 1 saturated heterocycles. The summed E-state index contributed by atoms with van der Waals surface area (Å²) < 4.78 is 6.15. The summed E-state index contributed by atoms with van der Waals surface area (Å²) in [5.74, 6) is 0.375. The lowest BCUT2D eigenvalue weighted by molar-refractivity contribution is 0.00735. The topological polar surface area (TPSA) is 32.7 Å². The predicted molar refractivity (Wildman–Crippen MR) is 119 cm³/mol. The zero-order valence-corrected chi connectivity index (χ0v) is 18.7. The first-order valence-corrected chi connectivity index (χ1v) is 11.0. The molecule has 2 aliphatic rings. The largest absolute Gasteiger partial charge is 0.508 e. The minimum absolute atomic E-state index is 0.107. The smallest absolute Gasteiger partial charge is 0.119 e. The summed E-state index contributed by atoms with van der Waals surface area (Å²) in [6.45, 7) is 11.7. The molecule has 0 aromatic heterocycles. The average molecular weight is 414 g/mol. The average Bonchev–Trinajstić information content (AvgIpc) is 3.01. The van der Waals surface area contributed by atoms with Crippen LogP contribution in [0, 0.1) is 5.41 Å². The fraction of sp³-hybridized carbons (Fsp3) is 0.520. The SMILES string of the molecule is C[C@@H](CN1CCC2(C)C1Cc1c(O)ccc(Cl)c1C2(C)C)OCc1ccccc1. The van der Waals surface area contributed by atoms with Gasteiger partial charge in [0.2, 0.25) is 0 Å². The molecule has 1 N–H and O–H groups in total. The number of aromatic hydroxyl groups is 1. The van der Waals surface area contributed by atoms with E-state index in [0.29, 0.717) is 18.4 Å². The third kappa shape index (κ3) is 3.48. The molecule has 4 heteroatoms. The van der Waals surface area contributed by atoms with Crippen molar-refractivity contribution in [2.45, 2.75) is 64.7 Å². The molecule has 2 aromatic carbocycles. The van der Waals surface area contributed by atoms with E-state index in [9.17, 15) is 5.11 Å². The first-order chi connectivity index (χ1) is 13.7. The number of hydrogen-bond acceptors (Lipinski definition) is 3. The Morgan fingerprint density at radius 1 is 1.17 bits per heavy atom. The Balaban J connectivity index is 1.53. The molecule has 0 amide bonds. The lowest BCUT2D eigenvalue weighted by atomic mass is 9.54. The van der Waals surface area contributed by atoms with Gasteiger partial charge in [0, 0.05) is 23.2 Å². The van der Waals surface area contributed by atoms with Gasteiger partial charge in [0.25, 0.3) is 0 Å². The zero-order valence-electron chi connectivity index (χ0n) is 17.9. The van der Waals surface area contributed by atoms with Crippen molar-refractivity contribution in [2.75, 3.05) is 13.1 Å². The van der Waals surface area contributed by atoms with E-state index in [2.05, 4.69) is 56.9 Å². The maximum atomic E-state index is 10.6. The number of phenols is 1. The molecule has 0 spiro atoms. The van der Waals surface area contributed by atoms with Crippen LogP contribution in [0.2, 0.25) is 5.02 Å². The highest BCUT2D eigenvalue weighted by Crippen LogP contribution is 2.58. The van der Waals surface area contributed by atoms with Crippen molar-refractivity contribution in [3.63, 3.8) is 0 Å². The molecular formula is C25H32ClNO2. The molecule has 2 aromatic rings. The van der Waals surface area contributed by atoms with Gasteiger partial charge in [-0.25, -0.2) is 0 Å². The standard InChI is InChI=1S/C25H32ClNO2/c1-17(29-16-18-8-6-5-7-9-18)15-27-13-12-25(4)22(27)14-19-21(28)11-10-20(26)23(19)24(25,2)3/h5-11,17,22,28H,12-16H2,1-4H3/t17-,22?,25?/m0/s1. The van der Waals surface area contributed by atoms with E-state index < -0.39 is 0 Å². The van der Waals surface area contributed by atoms with Gasteiger partial charge < -0.3 is 9.84 Å². The predicted octanol–water partition coefficient (Wildman–Crippen LogP) is 5.57. The van der Waals surface area contributed by atoms with Gasteiger partial charge in [0.1, 0.15) is 5.75 Å². The zero-order chi connectivity index (χ0) is 20.8. The van der Waals surface area contributed by atoms with Gasteiger partial charge in [-0.1, -0.05) is 62.7 Å². The number of phenolic OH excluding ortho intramolecular Hbond substituents is 1. The van der Waals surface area contributed by atoms with Crippen LogP contribution >= 0.6 is 11.6 Å². The Morgan fingerprint density at radius 3 is 2.62 bits per heavy atom. The highest BCUT2D eigenvalue weighted by Gasteiger charge is 2.57. The molecule has 0 bridgehead atoms. The summed E-state index contributed by atoms with van der Waals surface area (Å²) >= 11 is 6.63. The van der Waals surface area contributed by atoms with Crippen molar-refractivity contribution in [3.05, 3.63) is 64.2 Å². The molecule has 0 radical (unpaired) electrons. The van der Waals surface area contributed by atoms with E-state index in [1.54, 1.807) is 6.07 Å². The number of fused-ring (bicyclic) bond motifs is 2. The summed E-state index contributed by atoms with van der Waals surface area (Å²) in [5, 5.41) is 11.4. The van der Waals surface area contributed by atoms with Gasteiger partial charge in [0.15, 0.2) is 0 Å². The van der Waals surface area contributed by atoms with Crippen LogP contribution in [0.3, 0.4) is 0 Å². The summed E-state index contributed by atoms with van der Waals surface area (Å²) in [6, 6.07) is 14.3. The Kier molecular flexibility index (Phi) is 5.43. The van der Waals surface area contributed by atoms with Crippen molar-refractivity contribution >= 4 is 11.6 Å². The maximum absolute atomic E-state index is 10.6. The minimum atomic E-state index is -0.107. The molecule has 3 atom stereocenters. The first-order valence-electron chi connectivity index (χ1n) is 10.6. The number of halogens is 1. The van der Waals surface area contributed by atoms with Crippen LogP contribution in [0.4, 0.5) is 0 Å². The van der Waals surface area contributed by atoms with Crippen LogP contribution in [0.5, 0.6) is 5.75 Å². The molecule has 1 aliphatic carbocycles. The third-order valence-electron chi connectivity index (χ3n) is 7.65. The first kappa shape index (κ1) is 20.7. The molecule has 1 aliphatic heterocycles. The van der Waals surface area contributed by atoms with Crippen LogP contribution in [0.1, 0.15) is 50.8 Å². The fourth-order valence-electron chi connectivity index (χ4n) is 5.57. The van der Waals surface area contributed by atoms with Gasteiger partial charge in [0.05, 0.1) is 12.7 Å². The monoisotopic (exact) mass is 413 g/mol. The van der Waals surface area contributed by atoms with E-state index in [-0.39, 0.29) is 16.9 Å². The van der Waals surface area contributed by atoms with Gasteiger partial charge in [-0.3, -0.25) is 4.90 Å². The number of likely N-dealkylation sites (tertiary alicyclic amines) is 1. The highest BCUT2D eigenvalue weighted by atomic mass is 35.5. The second-order valence-electron chi connectivity index (χ2n) is 9.53. The molecule has 4 rings (SSSR count). The van der Waals surface area contributed by atoms with Gasteiger partial charge in [-0.05, 0) is 60.4 Å². The second-order valence-corrected chi connectivity index (χ2v) is 9.94. The fourth-order valence-corrected chi connectivity index (χ4v) is 5.98. The minimum Gasteiger partial charge on any atom is -0.508 e. The summed E-state index contributed by atoms with van der Waals surface area (Å²) in [6.07, 6.45) is 2.11. The second kappa shape index (κ2) is 7.61. The maximum Gasteiger partial charge on any atom is 0.119 e. The number of rotatable bonds is 5. The summed E-state index contributed by atoms with van der Waals surface area (Å²) in [5.41, 5.74) is 3.36. The van der Waals surface area contributed by atoms with E-state index in [1.807, 2.05) is 12.1 Å². The number of ether oxygens (including phenoxy) is 1. The van der Waals surface area contributed by atoms with Crippen molar-refractivity contribution in [1.82, 2.24) is 4.90 Å². The molecule has 3 nitrogen and oxygen atoms in total. The molecule has 29 heavy (non-hydrogen) atoms. The summed E-state index contributed by atoms with van der Waals surface area (Å²) in [4.78, 5) is 2.57. The number of nitrogens with zero attached hydrogens (tertiary/aromatic N) is 1. The Hall–Kier alpha value is -1.55. The van der Waals surface area contributed by atoms with Crippen molar-refractivity contribution < 1.29 is 9.84 Å². The van der Waals surface area contributed by atoms with Crippen LogP contribution in [-0.4, -0.2) is 35.2 Å². The quantitative estimate of drug-likeness (QED) is 0.695. The molecule has 0 saturated carbocycles. The Bertz CT molecular complexity index is 882. The number of hydrogen-bond donors (Lipinski definition) is 1. The van der Waals surface area contributed by atoms with Crippen LogP contribution in [-0.2, 0) is 23.2 Å².